The van der Waals surface area contributed by atoms with Gasteiger partial charge in [-0.05, 0) is 13.1 Å². The summed E-state index contributed by atoms with van der Waals surface area (Å²) in [4.78, 5) is 16.0. The third-order valence-electron chi connectivity index (χ3n) is 3.45. The lowest BCUT2D eigenvalue weighted by molar-refractivity contribution is -0.0117. The fourth-order valence-corrected chi connectivity index (χ4v) is 2.38. The van der Waals surface area contributed by atoms with Crippen molar-refractivity contribution < 1.29 is 9.15 Å². The number of hydrogen-bond acceptors (Lipinski definition) is 6. The molecule has 4 N–H and O–H groups in total. The Morgan fingerprint density at radius 1 is 1.55 bits per heavy atom. The number of aromatic amines is 1. The van der Waals surface area contributed by atoms with Crippen molar-refractivity contribution in [2.75, 3.05) is 44.3 Å². The molecule has 1 aliphatic rings. The minimum Gasteiger partial charge on any atom is -0.408 e. The Balaban J connectivity index is 1.73. The Hall–Kier alpha value is -1.99. The van der Waals surface area contributed by atoms with Crippen LogP contribution in [0.5, 0.6) is 0 Å². The van der Waals surface area contributed by atoms with E-state index in [1.807, 2.05) is 0 Å². The van der Waals surface area contributed by atoms with Crippen LogP contribution >= 0.6 is 0 Å². The second-order valence-electron chi connectivity index (χ2n) is 5.09. The van der Waals surface area contributed by atoms with Gasteiger partial charge in [-0.3, -0.25) is 4.98 Å². The standard InChI is InChI=1S/C13H18N4O3/c1-17-2-3-19-8(7-17)6-15-10-5-11-12(4-9(10)14)20-13(18)16-11/h4-5,8,15H,2-3,6-7,14H2,1H3,(H,16,18). The topological polar surface area (TPSA) is 96.5 Å². The van der Waals surface area contributed by atoms with Crippen LogP contribution in [-0.2, 0) is 4.74 Å². The highest BCUT2D eigenvalue weighted by Crippen LogP contribution is 2.24. The number of hydrogen-bond donors (Lipinski definition) is 3. The second-order valence-corrected chi connectivity index (χ2v) is 5.09. The number of aromatic nitrogens is 1. The molecule has 0 amide bonds. The van der Waals surface area contributed by atoms with Gasteiger partial charge in [0.25, 0.3) is 0 Å². The maximum Gasteiger partial charge on any atom is 0.417 e. The highest BCUT2D eigenvalue weighted by molar-refractivity contribution is 5.85. The maximum absolute atomic E-state index is 11.1. The molecule has 20 heavy (non-hydrogen) atoms. The molecule has 3 rings (SSSR count). The van der Waals surface area contributed by atoms with Gasteiger partial charge in [-0.1, -0.05) is 0 Å². The van der Waals surface area contributed by atoms with Crippen molar-refractivity contribution in [3.63, 3.8) is 0 Å². The van der Waals surface area contributed by atoms with E-state index in [9.17, 15) is 4.79 Å². The fraction of sp³-hybridized carbons (Fsp3) is 0.462. The number of ether oxygens (including phenoxy) is 1. The largest absolute Gasteiger partial charge is 0.417 e. The van der Waals surface area contributed by atoms with Crippen LogP contribution in [0.15, 0.2) is 21.3 Å². The van der Waals surface area contributed by atoms with Gasteiger partial charge < -0.3 is 25.1 Å². The van der Waals surface area contributed by atoms with Gasteiger partial charge in [0.1, 0.15) is 0 Å². The number of fused-ring (bicyclic) bond motifs is 1. The van der Waals surface area contributed by atoms with Crippen LogP contribution in [0.25, 0.3) is 11.1 Å². The van der Waals surface area contributed by atoms with Crippen LogP contribution in [-0.4, -0.2) is 49.3 Å². The molecule has 0 radical (unpaired) electrons. The SMILES string of the molecule is CN1CCOC(CNc2cc3[nH]c(=O)oc3cc2N)C1. The molecule has 0 saturated carbocycles. The summed E-state index contributed by atoms with van der Waals surface area (Å²) in [5.41, 5.74) is 8.36. The van der Waals surface area contributed by atoms with Gasteiger partial charge in [0.15, 0.2) is 5.58 Å². The molecule has 108 valence electrons. The number of nitrogens with zero attached hydrogens (tertiary/aromatic N) is 1. The van der Waals surface area contributed by atoms with Crippen molar-refractivity contribution in [1.82, 2.24) is 9.88 Å². The van der Waals surface area contributed by atoms with Gasteiger partial charge in [0, 0.05) is 25.7 Å². The normalized spacial score (nSPS) is 20.4. The summed E-state index contributed by atoms with van der Waals surface area (Å²) in [6.07, 6.45) is 0.132. The number of nitrogens with one attached hydrogen (secondary N) is 2. The number of rotatable bonds is 3. The summed E-state index contributed by atoms with van der Waals surface area (Å²) in [5, 5.41) is 3.26. The Labute approximate surface area is 115 Å². The highest BCUT2D eigenvalue weighted by Gasteiger charge is 2.17. The average Bonchev–Trinajstić information content (AvgIpc) is 2.75. The van der Waals surface area contributed by atoms with Crippen LogP contribution in [0.1, 0.15) is 0 Å². The van der Waals surface area contributed by atoms with E-state index in [0.29, 0.717) is 23.3 Å². The van der Waals surface area contributed by atoms with E-state index in [1.165, 1.54) is 0 Å². The number of nitrogen functional groups attached to an aromatic ring is 1. The first kappa shape index (κ1) is 13.0. The Morgan fingerprint density at radius 2 is 2.40 bits per heavy atom. The molecule has 0 aliphatic carbocycles. The lowest BCUT2D eigenvalue weighted by atomic mass is 10.2. The zero-order valence-corrected chi connectivity index (χ0v) is 11.3. The third-order valence-corrected chi connectivity index (χ3v) is 3.45. The molecule has 1 atom stereocenters. The molecular formula is C13H18N4O3. The molecule has 0 bridgehead atoms. The summed E-state index contributed by atoms with van der Waals surface area (Å²) in [5.74, 6) is -0.478. The van der Waals surface area contributed by atoms with Crippen molar-refractivity contribution in [3.8, 4) is 0 Å². The molecule has 1 aliphatic heterocycles. The zero-order chi connectivity index (χ0) is 14.1. The van der Waals surface area contributed by atoms with Crippen LogP contribution in [0, 0.1) is 0 Å². The minimum atomic E-state index is -0.478. The van der Waals surface area contributed by atoms with Crippen LogP contribution in [0.4, 0.5) is 11.4 Å². The molecule has 1 aromatic carbocycles. The summed E-state index contributed by atoms with van der Waals surface area (Å²) in [6.45, 7) is 3.26. The highest BCUT2D eigenvalue weighted by atomic mass is 16.5. The van der Waals surface area contributed by atoms with Crippen LogP contribution < -0.4 is 16.8 Å². The number of H-pyrrole nitrogens is 1. The van der Waals surface area contributed by atoms with Gasteiger partial charge in [-0.15, -0.1) is 0 Å². The quantitative estimate of drug-likeness (QED) is 0.705. The van der Waals surface area contributed by atoms with Gasteiger partial charge in [0.05, 0.1) is 29.6 Å². The molecule has 2 aromatic rings. The van der Waals surface area contributed by atoms with E-state index < -0.39 is 5.76 Å². The summed E-state index contributed by atoms with van der Waals surface area (Å²) < 4.78 is 10.6. The van der Waals surface area contributed by atoms with Gasteiger partial charge in [-0.2, -0.15) is 0 Å². The molecule has 1 aromatic heterocycles. The molecule has 7 nitrogen and oxygen atoms in total. The molecule has 1 saturated heterocycles. The van der Waals surface area contributed by atoms with E-state index in [-0.39, 0.29) is 6.10 Å². The Bertz CT molecular complexity index is 663. The van der Waals surface area contributed by atoms with Crippen LogP contribution in [0.3, 0.4) is 0 Å². The van der Waals surface area contributed by atoms with Gasteiger partial charge >= 0.3 is 5.76 Å². The second kappa shape index (κ2) is 5.18. The lowest BCUT2D eigenvalue weighted by Gasteiger charge is -2.30. The molecular weight excluding hydrogens is 260 g/mol. The number of morpholine rings is 1. The number of oxazole rings is 1. The molecule has 2 heterocycles. The van der Waals surface area contributed by atoms with E-state index in [1.54, 1.807) is 12.1 Å². The van der Waals surface area contributed by atoms with Gasteiger partial charge in [0.2, 0.25) is 0 Å². The van der Waals surface area contributed by atoms with E-state index in [4.69, 9.17) is 14.9 Å². The number of anilines is 2. The van der Waals surface area contributed by atoms with Crippen molar-refractivity contribution in [2.24, 2.45) is 0 Å². The molecule has 0 spiro atoms. The first-order chi connectivity index (χ1) is 9.61. The smallest absolute Gasteiger partial charge is 0.408 e. The summed E-state index contributed by atoms with van der Waals surface area (Å²) in [6, 6.07) is 3.42. The first-order valence-corrected chi connectivity index (χ1v) is 6.58. The average molecular weight is 278 g/mol. The summed E-state index contributed by atoms with van der Waals surface area (Å²) in [7, 11) is 2.08. The van der Waals surface area contributed by atoms with Crippen LogP contribution in [0.2, 0.25) is 0 Å². The molecule has 7 heteroatoms. The number of benzene rings is 1. The predicted molar refractivity (Wildman–Crippen MR) is 77.0 cm³/mol. The zero-order valence-electron chi connectivity index (χ0n) is 11.3. The lowest BCUT2D eigenvalue weighted by Crippen LogP contribution is -2.43. The Morgan fingerprint density at radius 3 is 3.20 bits per heavy atom. The first-order valence-electron chi connectivity index (χ1n) is 6.58. The van der Waals surface area contributed by atoms with E-state index >= 15 is 0 Å². The fourth-order valence-electron chi connectivity index (χ4n) is 2.38. The van der Waals surface area contributed by atoms with Crippen molar-refractivity contribution >= 4 is 22.5 Å². The van der Waals surface area contributed by atoms with E-state index in [0.717, 1.165) is 25.4 Å². The number of likely N-dealkylation sites (N-methyl/N-ethyl adjacent to an activating group) is 1. The minimum absolute atomic E-state index is 0.132. The molecule has 1 unspecified atom stereocenters. The van der Waals surface area contributed by atoms with E-state index in [2.05, 4.69) is 22.2 Å². The number of nitrogens with two attached hydrogens (primary N) is 1. The predicted octanol–water partition coefficient (Wildman–Crippen LogP) is 0.446. The van der Waals surface area contributed by atoms with Crippen molar-refractivity contribution in [2.45, 2.75) is 6.10 Å². The van der Waals surface area contributed by atoms with Crippen molar-refractivity contribution in [1.29, 1.82) is 0 Å². The Kier molecular flexibility index (Phi) is 3.37. The molecule has 1 fully saturated rings. The maximum atomic E-state index is 11.1. The van der Waals surface area contributed by atoms with Gasteiger partial charge in [-0.25, -0.2) is 4.79 Å². The monoisotopic (exact) mass is 278 g/mol. The van der Waals surface area contributed by atoms with Crippen molar-refractivity contribution in [3.05, 3.63) is 22.7 Å². The third kappa shape index (κ3) is 2.63. The summed E-state index contributed by atoms with van der Waals surface area (Å²) >= 11 is 0.